The molecule has 6 heteroatoms. The summed E-state index contributed by atoms with van der Waals surface area (Å²) in [4.78, 5) is 10.3. The highest BCUT2D eigenvalue weighted by molar-refractivity contribution is 7.09. The predicted octanol–water partition coefficient (Wildman–Crippen LogP) is 0.666. The zero-order valence-electron chi connectivity index (χ0n) is 9.23. The van der Waals surface area contributed by atoms with E-state index >= 15 is 0 Å². The largest absolute Gasteiger partial charge is 0.378 e. The molecule has 0 aliphatic carbocycles. The van der Waals surface area contributed by atoms with Crippen LogP contribution in [0, 0.1) is 0 Å². The zero-order valence-corrected chi connectivity index (χ0v) is 10.0. The first-order valence-electron chi connectivity index (χ1n) is 4.53. The van der Waals surface area contributed by atoms with E-state index in [4.69, 9.17) is 10.5 Å². The molecule has 0 saturated heterocycles. The van der Waals surface area contributed by atoms with Crippen molar-refractivity contribution in [2.45, 2.75) is 13.2 Å². The Balaban J connectivity index is 2.54. The quantitative estimate of drug-likeness (QED) is 0.607. The minimum Gasteiger partial charge on any atom is -0.378 e. The van der Waals surface area contributed by atoms with Gasteiger partial charge >= 0.3 is 0 Å². The van der Waals surface area contributed by atoms with Gasteiger partial charge < -0.3 is 15.4 Å². The summed E-state index contributed by atoms with van der Waals surface area (Å²) in [5.74, 6) is 0.510. The van der Waals surface area contributed by atoms with Crippen LogP contribution in [-0.2, 0) is 17.9 Å². The maximum absolute atomic E-state index is 5.66. The molecule has 0 amide bonds. The van der Waals surface area contributed by atoms with Crippen LogP contribution in [0.5, 0.6) is 0 Å². The van der Waals surface area contributed by atoms with Crippen molar-refractivity contribution in [3.8, 4) is 0 Å². The third kappa shape index (κ3) is 3.85. The van der Waals surface area contributed by atoms with E-state index in [1.54, 1.807) is 23.3 Å². The second-order valence-corrected chi connectivity index (χ2v) is 4.18. The van der Waals surface area contributed by atoms with Crippen LogP contribution in [0.25, 0.3) is 0 Å². The van der Waals surface area contributed by atoms with E-state index < -0.39 is 0 Å². The van der Waals surface area contributed by atoms with Crippen LogP contribution >= 0.6 is 11.3 Å². The summed E-state index contributed by atoms with van der Waals surface area (Å²) < 4.78 is 4.98. The Kier molecular flexibility index (Phi) is 4.51. The van der Waals surface area contributed by atoms with Crippen LogP contribution in [0.15, 0.2) is 10.4 Å². The lowest BCUT2D eigenvalue weighted by atomic mass is 10.5. The van der Waals surface area contributed by atoms with Crippen LogP contribution < -0.4 is 5.73 Å². The van der Waals surface area contributed by atoms with E-state index in [9.17, 15) is 0 Å². The van der Waals surface area contributed by atoms with Crippen LogP contribution in [0.4, 0.5) is 0 Å². The number of nitrogens with zero attached hydrogens (tertiary/aromatic N) is 3. The Bertz CT molecular complexity index is 335. The van der Waals surface area contributed by atoms with Gasteiger partial charge in [0.15, 0.2) is 5.96 Å². The number of thiazole rings is 1. The van der Waals surface area contributed by atoms with E-state index in [0.717, 1.165) is 10.7 Å². The van der Waals surface area contributed by atoms with Crippen molar-refractivity contribution >= 4 is 17.3 Å². The van der Waals surface area contributed by atoms with Gasteiger partial charge in [-0.2, -0.15) is 0 Å². The number of aliphatic imine (C=N–C) groups is 1. The van der Waals surface area contributed by atoms with Gasteiger partial charge in [-0.25, -0.2) is 9.98 Å². The van der Waals surface area contributed by atoms with Crippen molar-refractivity contribution < 1.29 is 4.74 Å². The van der Waals surface area contributed by atoms with E-state index in [0.29, 0.717) is 19.1 Å². The van der Waals surface area contributed by atoms with Crippen molar-refractivity contribution in [1.82, 2.24) is 9.88 Å². The van der Waals surface area contributed by atoms with Gasteiger partial charge in [0.25, 0.3) is 0 Å². The Hall–Kier alpha value is -1.14. The molecule has 0 bridgehead atoms. The second-order valence-electron chi connectivity index (χ2n) is 3.23. The number of guanidine groups is 1. The SMILES string of the molecule is COCc1nc(CN=C(N)N(C)C)cs1. The van der Waals surface area contributed by atoms with Gasteiger partial charge in [-0.3, -0.25) is 0 Å². The Morgan fingerprint density at radius 2 is 2.40 bits per heavy atom. The fraction of sp³-hybridized carbons (Fsp3) is 0.556. The highest BCUT2D eigenvalue weighted by Gasteiger charge is 2.01. The molecule has 1 aromatic heterocycles. The number of nitrogens with two attached hydrogens (primary N) is 1. The molecule has 0 spiro atoms. The molecule has 0 atom stereocenters. The fourth-order valence-electron chi connectivity index (χ4n) is 0.915. The first-order valence-corrected chi connectivity index (χ1v) is 5.41. The van der Waals surface area contributed by atoms with Gasteiger partial charge in [-0.1, -0.05) is 0 Å². The van der Waals surface area contributed by atoms with Gasteiger partial charge in [-0.15, -0.1) is 11.3 Å². The molecule has 84 valence electrons. The summed E-state index contributed by atoms with van der Waals surface area (Å²) in [6.45, 7) is 1.07. The Morgan fingerprint density at radius 3 is 3.00 bits per heavy atom. The lowest BCUT2D eigenvalue weighted by Gasteiger charge is -2.09. The van der Waals surface area contributed by atoms with Crippen LogP contribution in [0.2, 0.25) is 0 Å². The Morgan fingerprint density at radius 1 is 1.67 bits per heavy atom. The molecule has 1 aromatic rings. The van der Waals surface area contributed by atoms with Gasteiger partial charge in [0.05, 0.1) is 18.8 Å². The number of aromatic nitrogens is 1. The molecule has 1 rings (SSSR count). The summed E-state index contributed by atoms with van der Waals surface area (Å²) in [6.07, 6.45) is 0. The average Bonchev–Trinajstić information content (AvgIpc) is 2.62. The fourth-order valence-corrected chi connectivity index (χ4v) is 1.67. The standard InChI is InChI=1S/C9H16N4OS/c1-13(2)9(10)11-4-7-6-15-8(12-7)5-14-3/h6H,4-5H2,1-3H3,(H2,10,11). The maximum Gasteiger partial charge on any atom is 0.191 e. The van der Waals surface area contributed by atoms with Crippen LogP contribution in [-0.4, -0.2) is 37.0 Å². The number of hydrogen-bond acceptors (Lipinski definition) is 4. The third-order valence-electron chi connectivity index (χ3n) is 1.73. The molecule has 1 heterocycles. The molecule has 0 aromatic carbocycles. The van der Waals surface area contributed by atoms with Crippen molar-refractivity contribution in [2.24, 2.45) is 10.7 Å². The number of methoxy groups -OCH3 is 1. The summed E-state index contributed by atoms with van der Waals surface area (Å²) in [7, 11) is 5.37. The van der Waals surface area contributed by atoms with Gasteiger partial charge in [0, 0.05) is 26.6 Å². The topological polar surface area (TPSA) is 63.7 Å². The summed E-state index contributed by atoms with van der Waals surface area (Å²) in [6, 6.07) is 0. The molecule has 0 aliphatic heterocycles. The highest BCUT2D eigenvalue weighted by Crippen LogP contribution is 2.11. The normalized spacial score (nSPS) is 11.8. The highest BCUT2D eigenvalue weighted by atomic mass is 32.1. The smallest absolute Gasteiger partial charge is 0.191 e. The van der Waals surface area contributed by atoms with Crippen LogP contribution in [0.1, 0.15) is 10.7 Å². The molecular weight excluding hydrogens is 212 g/mol. The molecule has 15 heavy (non-hydrogen) atoms. The average molecular weight is 228 g/mol. The summed E-state index contributed by atoms with van der Waals surface area (Å²) in [5, 5.41) is 2.94. The molecule has 0 saturated carbocycles. The first-order chi connectivity index (χ1) is 7.13. The van der Waals surface area contributed by atoms with Gasteiger partial charge in [0.2, 0.25) is 0 Å². The van der Waals surface area contributed by atoms with Gasteiger partial charge in [0.1, 0.15) is 5.01 Å². The first kappa shape index (κ1) is 11.9. The van der Waals surface area contributed by atoms with Crippen molar-refractivity contribution in [1.29, 1.82) is 0 Å². The number of ether oxygens (including phenoxy) is 1. The Labute approximate surface area is 93.6 Å². The molecule has 5 nitrogen and oxygen atoms in total. The molecule has 0 unspecified atom stereocenters. The minimum atomic E-state index is 0.510. The lowest BCUT2D eigenvalue weighted by Crippen LogP contribution is -2.30. The minimum absolute atomic E-state index is 0.510. The van der Waals surface area contributed by atoms with E-state index in [-0.39, 0.29) is 0 Å². The van der Waals surface area contributed by atoms with Crippen molar-refractivity contribution in [2.75, 3.05) is 21.2 Å². The molecule has 0 radical (unpaired) electrons. The molecular formula is C9H16N4OS. The van der Waals surface area contributed by atoms with Crippen molar-refractivity contribution in [3.63, 3.8) is 0 Å². The van der Waals surface area contributed by atoms with E-state index in [1.165, 1.54) is 0 Å². The second kappa shape index (κ2) is 5.67. The maximum atomic E-state index is 5.66. The lowest BCUT2D eigenvalue weighted by molar-refractivity contribution is 0.184. The van der Waals surface area contributed by atoms with E-state index in [2.05, 4.69) is 9.98 Å². The summed E-state index contributed by atoms with van der Waals surface area (Å²) in [5.41, 5.74) is 6.58. The molecule has 0 fully saturated rings. The van der Waals surface area contributed by atoms with E-state index in [1.807, 2.05) is 19.5 Å². The van der Waals surface area contributed by atoms with Crippen LogP contribution in [0.3, 0.4) is 0 Å². The molecule has 0 aliphatic rings. The molecule has 2 N–H and O–H groups in total. The number of hydrogen-bond donors (Lipinski definition) is 1. The monoisotopic (exact) mass is 228 g/mol. The van der Waals surface area contributed by atoms with Gasteiger partial charge in [-0.05, 0) is 0 Å². The zero-order chi connectivity index (χ0) is 11.3. The predicted molar refractivity (Wildman–Crippen MR) is 61.8 cm³/mol. The third-order valence-corrected chi connectivity index (χ3v) is 2.60. The summed E-state index contributed by atoms with van der Waals surface area (Å²) >= 11 is 1.57. The van der Waals surface area contributed by atoms with Crippen molar-refractivity contribution in [3.05, 3.63) is 16.1 Å². The number of rotatable bonds is 4.